The molecule has 0 fully saturated rings. The Labute approximate surface area is 102 Å². The molecule has 1 aromatic heterocycles. The molecule has 2 aromatic rings. The standard InChI is InChI=1S/C13H9F2NO2/c1-8(17)10-3-2-6-16-13(10)18-12-5-4-9(14)7-11(12)15/h2-7H,1H3. The Morgan fingerprint density at radius 3 is 2.72 bits per heavy atom. The monoisotopic (exact) mass is 249 g/mol. The van der Waals surface area contributed by atoms with Crippen molar-refractivity contribution in [3.8, 4) is 11.6 Å². The first-order chi connectivity index (χ1) is 8.58. The molecular formula is C13H9F2NO2. The number of hydrogen-bond donors (Lipinski definition) is 0. The summed E-state index contributed by atoms with van der Waals surface area (Å²) in [6.07, 6.45) is 1.42. The maximum atomic E-state index is 13.4. The summed E-state index contributed by atoms with van der Waals surface area (Å²) in [5.41, 5.74) is 0.237. The maximum absolute atomic E-state index is 13.4. The van der Waals surface area contributed by atoms with Gasteiger partial charge in [0.15, 0.2) is 17.3 Å². The molecule has 2 rings (SSSR count). The predicted molar refractivity (Wildman–Crippen MR) is 60.7 cm³/mol. The quantitative estimate of drug-likeness (QED) is 0.783. The van der Waals surface area contributed by atoms with E-state index in [1.54, 1.807) is 6.07 Å². The predicted octanol–water partition coefficient (Wildman–Crippen LogP) is 3.35. The van der Waals surface area contributed by atoms with Crippen molar-refractivity contribution in [1.82, 2.24) is 4.98 Å². The lowest BCUT2D eigenvalue weighted by Gasteiger charge is -2.08. The topological polar surface area (TPSA) is 39.2 Å². The van der Waals surface area contributed by atoms with Crippen molar-refractivity contribution < 1.29 is 18.3 Å². The number of ether oxygens (including phenoxy) is 1. The summed E-state index contributed by atoms with van der Waals surface area (Å²) in [4.78, 5) is 15.2. The molecule has 0 aliphatic rings. The Bertz CT molecular complexity index is 599. The molecule has 1 heterocycles. The number of hydrogen-bond acceptors (Lipinski definition) is 3. The maximum Gasteiger partial charge on any atom is 0.230 e. The van der Waals surface area contributed by atoms with Crippen LogP contribution in [0.25, 0.3) is 0 Å². The Balaban J connectivity index is 2.37. The van der Waals surface area contributed by atoms with Gasteiger partial charge >= 0.3 is 0 Å². The third-order valence-corrected chi connectivity index (χ3v) is 2.25. The van der Waals surface area contributed by atoms with Gasteiger partial charge in [-0.15, -0.1) is 0 Å². The van der Waals surface area contributed by atoms with Crippen LogP contribution in [-0.2, 0) is 0 Å². The molecular weight excluding hydrogens is 240 g/mol. The molecule has 18 heavy (non-hydrogen) atoms. The molecule has 0 aliphatic heterocycles. The number of pyridine rings is 1. The Hall–Kier alpha value is -2.30. The molecule has 0 saturated carbocycles. The van der Waals surface area contributed by atoms with Crippen LogP contribution >= 0.6 is 0 Å². The zero-order valence-corrected chi connectivity index (χ0v) is 9.48. The van der Waals surface area contributed by atoms with Gasteiger partial charge in [0, 0.05) is 12.3 Å². The summed E-state index contributed by atoms with van der Waals surface area (Å²) in [5.74, 6) is -1.99. The van der Waals surface area contributed by atoms with Crippen LogP contribution < -0.4 is 4.74 Å². The van der Waals surface area contributed by atoms with Crippen molar-refractivity contribution in [2.45, 2.75) is 6.92 Å². The first-order valence-corrected chi connectivity index (χ1v) is 5.17. The first-order valence-electron chi connectivity index (χ1n) is 5.17. The second kappa shape index (κ2) is 4.91. The molecule has 92 valence electrons. The molecule has 0 spiro atoms. The fraction of sp³-hybridized carbons (Fsp3) is 0.0769. The van der Waals surface area contributed by atoms with Gasteiger partial charge < -0.3 is 4.74 Å². The van der Waals surface area contributed by atoms with Crippen molar-refractivity contribution in [2.24, 2.45) is 0 Å². The number of halogens is 2. The van der Waals surface area contributed by atoms with E-state index in [0.29, 0.717) is 6.07 Å². The van der Waals surface area contributed by atoms with E-state index >= 15 is 0 Å². The highest BCUT2D eigenvalue weighted by atomic mass is 19.1. The van der Waals surface area contributed by atoms with Gasteiger partial charge in [-0.25, -0.2) is 13.8 Å². The van der Waals surface area contributed by atoms with Crippen LogP contribution in [0.15, 0.2) is 36.5 Å². The largest absolute Gasteiger partial charge is 0.435 e. The van der Waals surface area contributed by atoms with E-state index in [9.17, 15) is 13.6 Å². The number of ketones is 1. The minimum atomic E-state index is -0.852. The van der Waals surface area contributed by atoms with Gasteiger partial charge in [-0.1, -0.05) is 0 Å². The summed E-state index contributed by atoms with van der Waals surface area (Å²) in [6, 6.07) is 6.00. The van der Waals surface area contributed by atoms with Crippen LogP contribution in [0.1, 0.15) is 17.3 Å². The van der Waals surface area contributed by atoms with E-state index < -0.39 is 11.6 Å². The fourth-order valence-electron chi connectivity index (χ4n) is 1.40. The molecule has 0 unspecified atom stereocenters. The van der Waals surface area contributed by atoms with Gasteiger partial charge in [0.1, 0.15) is 5.82 Å². The molecule has 0 aliphatic carbocycles. The highest BCUT2D eigenvalue weighted by Gasteiger charge is 2.12. The fourth-order valence-corrected chi connectivity index (χ4v) is 1.40. The minimum Gasteiger partial charge on any atom is -0.435 e. The molecule has 0 atom stereocenters. The number of rotatable bonds is 3. The van der Waals surface area contributed by atoms with Crippen LogP contribution in [-0.4, -0.2) is 10.8 Å². The average Bonchev–Trinajstić information content (AvgIpc) is 2.33. The molecule has 3 nitrogen and oxygen atoms in total. The van der Waals surface area contributed by atoms with Crippen molar-refractivity contribution in [2.75, 3.05) is 0 Å². The van der Waals surface area contributed by atoms with Crippen LogP contribution in [0.2, 0.25) is 0 Å². The van der Waals surface area contributed by atoms with Gasteiger partial charge in [-0.2, -0.15) is 0 Å². The molecule has 1 aromatic carbocycles. The molecule has 0 amide bonds. The van der Waals surface area contributed by atoms with Crippen molar-refractivity contribution in [1.29, 1.82) is 0 Å². The lowest BCUT2D eigenvalue weighted by atomic mass is 10.2. The summed E-state index contributed by atoms with van der Waals surface area (Å²) >= 11 is 0. The molecule has 0 saturated heterocycles. The molecule has 5 heteroatoms. The molecule has 0 radical (unpaired) electrons. The normalized spacial score (nSPS) is 10.2. The van der Waals surface area contributed by atoms with Gasteiger partial charge in [0.05, 0.1) is 5.56 Å². The van der Waals surface area contributed by atoms with E-state index in [4.69, 9.17) is 4.74 Å². The zero-order valence-electron chi connectivity index (χ0n) is 9.48. The van der Waals surface area contributed by atoms with E-state index in [2.05, 4.69) is 4.98 Å². The lowest BCUT2D eigenvalue weighted by Crippen LogP contribution is -2.00. The van der Waals surface area contributed by atoms with Crippen LogP contribution in [0, 0.1) is 11.6 Å². The summed E-state index contributed by atoms with van der Waals surface area (Å²) in [5, 5.41) is 0. The first kappa shape index (κ1) is 12.2. The summed E-state index contributed by atoms with van der Waals surface area (Å²) < 4.78 is 31.3. The van der Waals surface area contributed by atoms with E-state index in [-0.39, 0.29) is 23.0 Å². The van der Waals surface area contributed by atoms with Gasteiger partial charge in [-0.05, 0) is 31.2 Å². The van der Waals surface area contributed by atoms with Gasteiger partial charge in [0.2, 0.25) is 5.88 Å². The number of nitrogens with zero attached hydrogens (tertiary/aromatic N) is 1. The Kier molecular flexibility index (Phi) is 3.32. The third kappa shape index (κ3) is 2.51. The number of Topliss-reactive ketones (excluding diaryl/α,β-unsaturated/α-hetero) is 1. The lowest BCUT2D eigenvalue weighted by molar-refractivity contribution is 0.101. The summed E-state index contributed by atoms with van der Waals surface area (Å²) in [6.45, 7) is 1.35. The molecule has 0 N–H and O–H groups in total. The molecule has 0 bridgehead atoms. The van der Waals surface area contributed by atoms with Crippen molar-refractivity contribution in [3.05, 3.63) is 53.7 Å². The van der Waals surface area contributed by atoms with Crippen molar-refractivity contribution >= 4 is 5.78 Å². The van der Waals surface area contributed by atoms with Crippen LogP contribution in [0.5, 0.6) is 11.6 Å². The van der Waals surface area contributed by atoms with Crippen LogP contribution in [0.4, 0.5) is 8.78 Å². The van der Waals surface area contributed by atoms with Crippen LogP contribution in [0.3, 0.4) is 0 Å². The number of carbonyl (C=O) groups is 1. The summed E-state index contributed by atoms with van der Waals surface area (Å²) in [7, 11) is 0. The SMILES string of the molecule is CC(=O)c1cccnc1Oc1ccc(F)cc1F. The number of carbonyl (C=O) groups excluding carboxylic acids is 1. The van der Waals surface area contributed by atoms with Gasteiger partial charge in [0.25, 0.3) is 0 Å². The highest BCUT2D eigenvalue weighted by Crippen LogP contribution is 2.26. The second-order valence-electron chi connectivity index (χ2n) is 3.59. The van der Waals surface area contributed by atoms with E-state index in [0.717, 1.165) is 12.1 Å². The highest BCUT2D eigenvalue weighted by molar-refractivity contribution is 5.96. The smallest absolute Gasteiger partial charge is 0.230 e. The Morgan fingerprint density at radius 1 is 1.28 bits per heavy atom. The second-order valence-corrected chi connectivity index (χ2v) is 3.59. The van der Waals surface area contributed by atoms with E-state index in [1.807, 2.05) is 0 Å². The van der Waals surface area contributed by atoms with E-state index in [1.165, 1.54) is 19.2 Å². The zero-order chi connectivity index (χ0) is 13.1. The number of benzene rings is 1. The minimum absolute atomic E-state index is 0.00416. The van der Waals surface area contributed by atoms with Gasteiger partial charge in [-0.3, -0.25) is 4.79 Å². The third-order valence-electron chi connectivity index (χ3n) is 2.25. The Morgan fingerprint density at radius 2 is 2.06 bits per heavy atom. The average molecular weight is 249 g/mol. The number of aromatic nitrogens is 1. The van der Waals surface area contributed by atoms with Crippen molar-refractivity contribution in [3.63, 3.8) is 0 Å².